The molecule has 1 rings (SSSR count). The highest BCUT2D eigenvalue weighted by atomic mass is 79.9. The van der Waals surface area contributed by atoms with E-state index in [4.69, 9.17) is 74.2 Å². The van der Waals surface area contributed by atoms with Gasteiger partial charge in [-0.1, -0.05) is 69.6 Å². The van der Waals surface area contributed by atoms with Crippen molar-refractivity contribution < 1.29 is 13.0 Å². The topological polar surface area (TPSA) is 54.4 Å². The Bertz CT molecular complexity index is 569. The zero-order valence-corrected chi connectivity index (χ0v) is 15.4. The maximum absolute atomic E-state index is 11.2. The summed E-state index contributed by atoms with van der Waals surface area (Å²) in [5.74, 6) is 0. The molecule has 0 spiro atoms. The highest BCUT2D eigenvalue weighted by Crippen LogP contribution is 2.49. The first kappa shape index (κ1) is 18.4. The van der Waals surface area contributed by atoms with Crippen molar-refractivity contribution >= 4 is 95.7 Å². The molecule has 1 N–H and O–H groups in total. The Morgan fingerprint density at radius 1 is 0.947 bits per heavy atom. The molecular weight excluding hydrogens is 469 g/mol. The Morgan fingerprint density at radius 2 is 1.26 bits per heavy atom. The van der Waals surface area contributed by atoms with Crippen LogP contribution >= 0.6 is 85.5 Å². The summed E-state index contributed by atoms with van der Waals surface area (Å²) >= 11 is 37.3. The van der Waals surface area contributed by atoms with Crippen LogP contribution in [-0.2, 0) is 17.7 Å². The number of hydrogen-bond donors (Lipinski definition) is 1. The largest absolute Gasteiger partial charge is 0.294 e. The van der Waals surface area contributed by atoms with Crippen LogP contribution < -0.4 is 0 Å². The minimum Gasteiger partial charge on any atom is -0.282 e. The van der Waals surface area contributed by atoms with Crippen LogP contribution in [0.25, 0.3) is 0 Å². The molecule has 0 unspecified atom stereocenters. The van der Waals surface area contributed by atoms with Crippen LogP contribution in [-0.4, -0.2) is 13.0 Å². The molecule has 0 amide bonds. The lowest BCUT2D eigenvalue weighted by atomic mass is 10.1. The fraction of sp³-hybridized carbons (Fsp3) is 0.250. The SMILES string of the molecule is O=S(=O)(O)c1cc(C(Cl)(Cl)Cl)c(Br)c(C(Cl)(Cl)Cl)c1. The third-order valence-corrected chi connectivity index (χ3v) is 4.86. The van der Waals surface area contributed by atoms with E-state index in [1.807, 2.05) is 0 Å². The molecule has 0 fully saturated rings. The first-order valence-electron chi connectivity index (χ1n) is 4.20. The van der Waals surface area contributed by atoms with Crippen LogP contribution in [0.1, 0.15) is 11.1 Å². The van der Waals surface area contributed by atoms with Crippen LogP contribution in [0.2, 0.25) is 0 Å². The number of alkyl halides is 6. The van der Waals surface area contributed by atoms with Crippen molar-refractivity contribution in [2.75, 3.05) is 0 Å². The molecule has 0 aliphatic rings. The lowest BCUT2D eigenvalue weighted by Crippen LogP contribution is -2.12. The molecule has 1 aromatic rings. The Balaban J connectivity index is 3.78. The smallest absolute Gasteiger partial charge is 0.282 e. The summed E-state index contributed by atoms with van der Waals surface area (Å²) in [7, 11) is -4.56. The van der Waals surface area contributed by atoms with E-state index in [0.29, 0.717) is 0 Å². The van der Waals surface area contributed by atoms with E-state index < -0.39 is 22.6 Å². The van der Waals surface area contributed by atoms with Gasteiger partial charge in [0.2, 0.25) is 7.59 Å². The van der Waals surface area contributed by atoms with E-state index in [1.165, 1.54) is 0 Å². The predicted octanol–water partition coefficient (Wildman–Crippen LogP) is 5.35. The van der Waals surface area contributed by atoms with Gasteiger partial charge in [0.1, 0.15) is 0 Å². The fourth-order valence-corrected chi connectivity index (χ4v) is 4.10. The second kappa shape index (κ2) is 5.86. The van der Waals surface area contributed by atoms with E-state index >= 15 is 0 Å². The highest BCUT2D eigenvalue weighted by Gasteiger charge is 2.35. The summed E-state index contributed by atoms with van der Waals surface area (Å²) in [5, 5.41) is 0. The van der Waals surface area contributed by atoms with Crippen molar-refractivity contribution in [2.24, 2.45) is 0 Å². The maximum atomic E-state index is 11.2. The van der Waals surface area contributed by atoms with Crippen LogP contribution in [0, 0.1) is 0 Å². The molecule has 0 heterocycles. The van der Waals surface area contributed by atoms with Gasteiger partial charge in [0, 0.05) is 15.6 Å². The van der Waals surface area contributed by atoms with Gasteiger partial charge in [0.25, 0.3) is 10.1 Å². The molecule has 0 aliphatic carbocycles. The van der Waals surface area contributed by atoms with E-state index in [1.54, 1.807) is 0 Å². The van der Waals surface area contributed by atoms with Gasteiger partial charge in [0.05, 0.1) is 4.90 Å². The van der Waals surface area contributed by atoms with E-state index in [2.05, 4.69) is 15.9 Å². The van der Waals surface area contributed by atoms with Gasteiger partial charge < -0.3 is 0 Å². The molecular formula is C8H3BrCl6O3S. The summed E-state index contributed by atoms with van der Waals surface area (Å²) in [6, 6.07) is 1.93. The van der Waals surface area contributed by atoms with Crippen molar-refractivity contribution in [3.05, 3.63) is 27.7 Å². The molecule has 1 aromatic carbocycles. The Labute approximate surface area is 147 Å². The Hall–Kier alpha value is 1.35. The van der Waals surface area contributed by atoms with Gasteiger partial charge in [0.15, 0.2) is 0 Å². The average molecular weight is 472 g/mol. The Kier molecular flexibility index (Phi) is 5.67. The van der Waals surface area contributed by atoms with Crippen molar-refractivity contribution in [3.63, 3.8) is 0 Å². The number of rotatable bonds is 1. The molecule has 11 heteroatoms. The van der Waals surface area contributed by atoms with Gasteiger partial charge in [-0.05, 0) is 28.1 Å². The molecule has 3 nitrogen and oxygen atoms in total. The van der Waals surface area contributed by atoms with Gasteiger partial charge in [-0.25, -0.2) is 0 Å². The standard InChI is InChI=1S/C8H3BrCl6O3S/c9-6-4(7(10,11)12)1-3(19(16,17)18)2-5(6)8(13,14)15/h1-2H,(H,16,17,18). The molecule has 0 atom stereocenters. The van der Waals surface area contributed by atoms with Crippen molar-refractivity contribution in [1.82, 2.24) is 0 Å². The number of hydrogen-bond acceptors (Lipinski definition) is 2. The summed E-state index contributed by atoms with van der Waals surface area (Å²) in [6.07, 6.45) is 0. The van der Waals surface area contributed by atoms with E-state index in [9.17, 15) is 8.42 Å². The van der Waals surface area contributed by atoms with Crippen LogP contribution in [0.5, 0.6) is 0 Å². The fourth-order valence-electron chi connectivity index (χ4n) is 1.16. The maximum Gasteiger partial charge on any atom is 0.294 e. The number of halogens is 7. The first-order chi connectivity index (χ1) is 8.24. The zero-order chi connectivity index (χ0) is 15.2. The van der Waals surface area contributed by atoms with Crippen LogP contribution in [0.3, 0.4) is 0 Å². The van der Waals surface area contributed by atoms with Crippen molar-refractivity contribution in [3.8, 4) is 0 Å². The monoisotopic (exact) mass is 468 g/mol. The number of benzene rings is 1. The molecule has 0 aromatic heterocycles. The quantitative estimate of drug-likeness (QED) is 0.444. The lowest BCUT2D eigenvalue weighted by molar-refractivity contribution is 0.483. The molecule has 0 saturated carbocycles. The predicted molar refractivity (Wildman–Crippen MR) is 82.4 cm³/mol. The van der Waals surface area contributed by atoms with Crippen LogP contribution in [0.15, 0.2) is 21.5 Å². The second-order valence-corrected chi connectivity index (χ2v) is 10.1. The third-order valence-electron chi connectivity index (χ3n) is 1.95. The molecule has 108 valence electrons. The average Bonchev–Trinajstić information content (AvgIpc) is 2.11. The van der Waals surface area contributed by atoms with Gasteiger partial charge in [-0.15, -0.1) is 0 Å². The second-order valence-electron chi connectivity index (χ2n) is 3.30. The summed E-state index contributed by atoms with van der Waals surface area (Å²) in [5.41, 5.74) is -0.178. The zero-order valence-electron chi connectivity index (χ0n) is 8.47. The van der Waals surface area contributed by atoms with Gasteiger partial charge in [-0.2, -0.15) is 8.42 Å². The molecule has 0 saturated heterocycles. The minimum atomic E-state index is -4.56. The molecule has 19 heavy (non-hydrogen) atoms. The third kappa shape index (κ3) is 4.66. The summed E-state index contributed by atoms with van der Waals surface area (Å²) in [6.45, 7) is 0. The van der Waals surface area contributed by atoms with E-state index in [-0.39, 0.29) is 15.6 Å². The van der Waals surface area contributed by atoms with E-state index in [0.717, 1.165) is 12.1 Å². The lowest BCUT2D eigenvalue weighted by Gasteiger charge is -2.21. The van der Waals surface area contributed by atoms with Crippen molar-refractivity contribution in [1.29, 1.82) is 0 Å². The minimum absolute atomic E-state index is 0.0889. The van der Waals surface area contributed by atoms with Gasteiger partial charge >= 0.3 is 0 Å². The highest BCUT2D eigenvalue weighted by molar-refractivity contribution is 9.10. The molecule has 0 radical (unpaired) electrons. The van der Waals surface area contributed by atoms with Gasteiger partial charge in [-0.3, -0.25) is 4.55 Å². The van der Waals surface area contributed by atoms with Crippen LogP contribution in [0.4, 0.5) is 0 Å². The normalized spacial score (nSPS) is 13.7. The van der Waals surface area contributed by atoms with Crippen molar-refractivity contribution in [2.45, 2.75) is 12.5 Å². The Morgan fingerprint density at radius 3 is 1.47 bits per heavy atom. The summed E-state index contributed by atoms with van der Waals surface area (Å²) in [4.78, 5) is -0.557. The molecule has 0 bridgehead atoms. The molecule has 0 aliphatic heterocycles. The summed E-state index contributed by atoms with van der Waals surface area (Å²) < 4.78 is 27.6. The first-order valence-corrected chi connectivity index (χ1v) is 8.70.